The van der Waals surface area contributed by atoms with E-state index in [1.165, 1.54) is 23.7 Å². The normalized spacial score (nSPS) is 19.7. The van der Waals surface area contributed by atoms with Gasteiger partial charge in [0.15, 0.2) is 0 Å². The molecule has 2 aromatic carbocycles. The van der Waals surface area contributed by atoms with Crippen LogP contribution in [0.4, 0.5) is 0 Å². The van der Waals surface area contributed by atoms with Crippen molar-refractivity contribution in [2.45, 2.75) is 91.8 Å². The summed E-state index contributed by atoms with van der Waals surface area (Å²) in [7, 11) is -0.267. The number of rotatable bonds is 8. The van der Waals surface area contributed by atoms with Gasteiger partial charge in [0.1, 0.15) is 11.5 Å². The summed E-state index contributed by atoms with van der Waals surface area (Å²) in [5.41, 5.74) is 3.98. The van der Waals surface area contributed by atoms with Gasteiger partial charge in [0.05, 0.1) is 17.8 Å². The van der Waals surface area contributed by atoms with Crippen LogP contribution in [0, 0.1) is 11.8 Å². The van der Waals surface area contributed by atoms with Crippen LogP contribution in [0.25, 0.3) is 11.1 Å². The molecule has 2 atom stereocenters. The van der Waals surface area contributed by atoms with Crippen LogP contribution in [0.3, 0.4) is 0 Å². The molecular weight excluding hydrogens is 399 g/mol. The Bertz CT molecular complexity index is 812. The molecule has 0 aliphatic carbocycles. The standard InChI is InChI=1S/C28H41O2P/c1-18(2)25-16-17-26(19(3)4)31(25)27-15-10-9-12-22(27)28-23(29-20(5)6)13-11-14-24(28)30-21(7)8/h9-15,18-21,25-26H,16-17H2,1-8H3/t25-,26-/m0/s1. The Morgan fingerprint density at radius 2 is 1.16 bits per heavy atom. The third-order valence-corrected chi connectivity index (χ3v) is 10.3. The SMILES string of the molecule is CC(C)Oc1cccc(OC(C)C)c1-c1ccccc1P1[C@H](C(C)C)CC[C@H]1C(C)C. The molecule has 0 saturated carbocycles. The molecule has 31 heavy (non-hydrogen) atoms. The molecule has 1 aliphatic rings. The van der Waals surface area contributed by atoms with Gasteiger partial charge in [0, 0.05) is 0 Å². The van der Waals surface area contributed by atoms with Crippen LogP contribution in [-0.2, 0) is 0 Å². The van der Waals surface area contributed by atoms with Gasteiger partial charge in [-0.25, -0.2) is 0 Å². The van der Waals surface area contributed by atoms with Crippen molar-refractivity contribution in [3.8, 4) is 22.6 Å². The lowest BCUT2D eigenvalue weighted by Crippen LogP contribution is -2.23. The Morgan fingerprint density at radius 3 is 1.61 bits per heavy atom. The van der Waals surface area contributed by atoms with Crippen molar-refractivity contribution in [2.24, 2.45) is 11.8 Å². The summed E-state index contributed by atoms with van der Waals surface area (Å²) in [5.74, 6) is 3.27. The first-order valence-electron chi connectivity index (χ1n) is 12.0. The van der Waals surface area contributed by atoms with E-state index in [9.17, 15) is 0 Å². The largest absolute Gasteiger partial charge is 0.490 e. The molecule has 3 rings (SSSR count). The first kappa shape index (κ1) is 24.1. The van der Waals surface area contributed by atoms with E-state index in [-0.39, 0.29) is 20.1 Å². The lowest BCUT2D eigenvalue weighted by molar-refractivity contribution is 0.231. The van der Waals surface area contributed by atoms with Crippen LogP contribution >= 0.6 is 7.92 Å². The van der Waals surface area contributed by atoms with E-state index in [2.05, 4.69) is 97.9 Å². The molecule has 0 unspecified atom stereocenters. The molecule has 0 N–H and O–H groups in total. The maximum atomic E-state index is 6.32. The fraction of sp³-hybridized carbons (Fsp3) is 0.571. The molecular formula is C28H41O2P. The molecule has 2 aromatic rings. The van der Waals surface area contributed by atoms with Crippen molar-refractivity contribution < 1.29 is 9.47 Å². The number of hydrogen-bond donors (Lipinski definition) is 0. The smallest absolute Gasteiger partial charge is 0.131 e. The average Bonchev–Trinajstić information content (AvgIpc) is 3.13. The predicted molar refractivity (Wildman–Crippen MR) is 136 cm³/mol. The minimum absolute atomic E-state index is 0.115. The third-order valence-electron chi connectivity index (χ3n) is 6.18. The summed E-state index contributed by atoms with van der Waals surface area (Å²) < 4.78 is 12.6. The molecule has 0 radical (unpaired) electrons. The summed E-state index contributed by atoms with van der Waals surface area (Å²) >= 11 is 0. The Kier molecular flexibility index (Phi) is 8.08. The highest BCUT2D eigenvalue weighted by Crippen LogP contribution is 2.61. The van der Waals surface area contributed by atoms with Gasteiger partial charge in [-0.1, -0.05) is 65.9 Å². The molecule has 1 aliphatic heterocycles. The second kappa shape index (κ2) is 10.4. The summed E-state index contributed by atoms with van der Waals surface area (Å²) in [6, 6.07) is 15.3. The van der Waals surface area contributed by atoms with Crippen LogP contribution < -0.4 is 14.8 Å². The first-order valence-corrected chi connectivity index (χ1v) is 13.5. The number of hydrogen-bond acceptors (Lipinski definition) is 2. The van der Waals surface area contributed by atoms with E-state index in [4.69, 9.17) is 9.47 Å². The lowest BCUT2D eigenvalue weighted by atomic mass is 10.0. The molecule has 0 bridgehead atoms. The van der Waals surface area contributed by atoms with Crippen molar-refractivity contribution in [3.63, 3.8) is 0 Å². The van der Waals surface area contributed by atoms with Crippen molar-refractivity contribution in [2.75, 3.05) is 0 Å². The van der Waals surface area contributed by atoms with Crippen molar-refractivity contribution in [1.82, 2.24) is 0 Å². The highest BCUT2D eigenvalue weighted by molar-refractivity contribution is 7.67. The molecule has 0 aromatic heterocycles. The van der Waals surface area contributed by atoms with E-state index in [1.807, 2.05) is 0 Å². The monoisotopic (exact) mass is 440 g/mol. The van der Waals surface area contributed by atoms with Gasteiger partial charge in [-0.15, -0.1) is 0 Å². The summed E-state index contributed by atoms with van der Waals surface area (Å²) in [4.78, 5) is 0. The Hall–Kier alpha value is -1.53. The van der Waals surface area contributed by atoms with Gasteiger partial charge >= 0.3 is 0 Å². The first-order chi connectivity index (χ1) is 14.7. The van der Waals surface area contributed by atoms with Crippen LogP contribution in [-0.4, -0.2) is 23.5 Å². The number of benzene rings is 2. The molecule has 0 spiro atoms. The Labute approximate surface area is 191 Å². The number of ether oxygens (including phenoxy) is 2. The molecule has 1 saturated heterocycles. The fourth-order valence-electron chi connectivity index (χ4n) is 4.92. The highest BCUT2D eigenvalue weighted by Gasteiger charge is 2.40. The fourth-order valence-corrected chi connectivity index (χ4v) is 8.99. The second-order valence-electron chi connectivity index (χ2n) is 10.1. The molecule has 2 nitrogen and oxygen atoms in total. The molecule has 3 heteroatoms. The zero-order chi connectivity index (χ0) is 22.7. The maximum Gasteiger partial charge on any atom is 0.131 e. The summed E-state index contributed by atoms with van der Waals surface area (Å²) in [6.45, 7) is 18.0. The van der Waals surface area contributed by atoms with Crippen LogP contribution in [0.2, 0.25) is 0 Å². The minimum atomic E-state index is -0.267. The highest BCUT2D eigenvalue weighted by atomic mass is 31.1. The van der Waals surface area contributed by atoms with Crippen LogP contribution in [0.1, 0.15) is 68.2 Å². The van der Waals surface area contributed by atoms with Crippen molar-refractivity contribution in [1.29, 1.82) is 0 Å². The topological polar surface area (TPSA) is 18.5 Å². The lowest BCUT2D eigenvalue weighted by Gasteiger charge is -2.33. The zero-order valence-corrected chi connectivity index (χ0v) is 21.6. The van der Waals surface area contributed by atoms with E-state index < -0.39 is 0 Å². The van der Waals surface area contributed by atoms with Crippen LogP contribution in [0.15, 0.2) is 42.5 Å². The molecule has 1 fully saturated rings. The molecule has 170 valence electrons. The van der Waals surface area contributed by atoms with Gasteiger partial charge in [-0.3, -0.25) is 0 Å². The second-order valence-corrected chi connectivity index (χ2v) is 12.7. The zero-order valence-electron chi connectivity index (χ0n) is 20.7. The predicted octanol–water partition coefficient (Wildman–Crippen LogP) is 7.88. The van der Waals surface area contributed by atoms with E-state index in [0.29, 0.717) is 11.8 Å². The Morgan fingerprint density at radius 1 is 0.677 bits per heavy atom. The van der Waals surface area contributed by atoms with Gasteiger partial charge < -0.3 is 9.47 Å². The average molecular weight is 441 g/mol. The molecule has 0 amide bonds. The van der Waals surface area contributed by atoms with Gasteiger partial charge in [0.2, 0.25) is 0 Å². The van der Waals surface area contributed by atoms with Gasteiger partial charge in [0.25, 0.3) is 0 Å². The maximum absolute atomic E-state index is 6.32. The molecule has 1 heterocycles. The van der Waals surface area contributed by atoms with Gasteiger partial charge in [-0.2, -0.15) is 0 Å². The van der Waals surface area contributed by atoms with E-state index >= 15 is 0 Å². The summed E-state index contributed by atoms with van der Waals surface area (Å²) in [6.07, 6.45) is 2.92. The van der Waals surface area contributed by atoms with Crippen LogP contribution in [0.5, 0.6) is 11.5 Å². The van der Waals surface area contributed by atoms with E-state index in [0.717, 1.165) is 28.4 Å². The van der Waals surface area contributed by atoms with E-state index in [1.54, 1.807) is 0 Å². The summed E-state index contributed by atoms with van der Waals surface area (Å²) in [5, 5.41) is 1.53. The van der Waals surface area contributed by atoms with Crippen molar-refractivity contribution in [3.05, 3.63) is 42.5 Å². The quantitative estimate of drug-likeness (QED) is 0.389. The van der Waals surface area contributed by atoms with Crippen molar-refractivity contribution >= 4 is 13.2 Å². The third kappa shape index (κ3) is 5.46. The Balaban J connectivity index is 2.22. The van der Waals surface area contributed by atoms with Gasteiger partial charge in [-0.05, 0) is 86.7 Å². The minimum Gasteiger partial charge on any atom is -0.490 e.